The largest absolute Gasteiger partial charge is 0.506 e. The molecule has 0 bridgehead atoms. The van der Waals surface area contributed by atoms with Gasteiger partial charge in [-0.3, -0.25) is 24.7 Å². The van der Waals surface area contributed by atoms with Gasteiger partial charge in [-0.25, -0.2) is 13.5 Å². The Morgan fingerprint density at radius 2 is 1.95 bits per heavy atom. The molecule has 1 aliphatic carbocycles. The summed E-state index contributed by atoms with van der Waals surface area (Å²) >= 11 is 0.719. The second kappa shape index (κ2) is 10.5. The van der Waals surface area contributed by atoms with Gasteiger partial charge in [0.25, 0.3) is 0 Å². The number of amidine groups is 1. The summed E-state index contributed by atoms with van der Waals surface area (Å²) in [5.74, 6) is -2.88. The summed E-state index contributed by atoms with van der Waals surface area (Å²) in [6, 6.07) is 5.83. The number of amides is 1. The fourth-order valence-corrected chi connectivity index (χ4v) is 5.84. The second-order valence-corrected chi connectivity index (χ2v) is 12.3. The molecule has 0 saturated carbocycles. The quantitative estimate of drug-likeness (QED) is 0.185. The van der Waals surface area contributed by atoms with E-state index in [0.717, 1.165) is 37.6 Å². The zero-order chi connectivity index (χ0) is 28.8. The van der Waals surface area contributed by atoms with E-state index < -0.39 is 50.7 Å². The summed E-state index contributed by atoms with van der Waals surface area (Å²) in [7, 11) is -3.66. The Morgan fingerprint density at radius 3 is 2.56 bits per heavy atom. The summed E-state index contributed by atoms with van der Waals surface area (Å²) in [5, 5.41) is 44.4. The molecular formula is C25H28N4O8S2. The lowest BCUT2D eigenvalue weighted by Gasteiger charge is -2.34. The van der Waals surface area contributed by atoms with Gasteiger partial charge < -0.3 is 10.2 Å². The standard InChI is InChI=1S/C25H28N4O8S2/c1-12(2)8-9-14-6-5-7-16-19(14)23(32)20(24(33)21(16)28(34)13(3)30)25-26-38-18-11-15(27-39(4,36)37)10-17(31)22(18)29(25)35/h5-7,10-12,21,27,31-32,34-35H,8-9H2,1-4H3. The number of fused-ring (bicyclic) bond motifs is 2. The van der Waals surface area contributed by atoms with Gasteiger partial charge in [-0.1, -0.05) is 32.0 Å². The van der Waals surface area contributed by atoms with E-state index in [9.17, 15) is 38.6 Å². The van der Waals surface area contributed by atoms with Crippen LogP contribution in [0.3, 0.4) is 0 Å². The van der Waals surface area contributed by atoms with Crippen molar-refractivity contribution in [3.05, 3.63) is 52.6 Å². The minimum atomic E-state index is -3.66. The van der Waals surface area contributed by atoms with Gasteiger partial charge in [-0.15, -0.1) is 0 Å². The number of aliphatic hydroxyl groups excluding tert-OH is 1. The van der Waals surface area contributed by atoms with Crippen molar-refractivity contribution in [2.24, 2.45) is 10.3 Å². The highest BCUT2D eigenvalue weighted by Crippen LogP contribution is 2.47. The van der Waals surface area contributed by atoms with Crippen LogP contribution in [0.5, 0.6) is 5.75 Å². The maximum Gasteiger partial charge on any atom is 0.243 e. The number of benzene rings is 2. The Morgan fingerprint density at radius 1 is 1.26 bits per heavy atom. The molecule has 0 spiro atoms. The molecule has 39 heavy (non-hydrogen) atoms. The van der Waals surface area contributed by atoms with Gasteiger partial charge in [0.05, 0.1) is 16.8 Å². The molecule has 2 aromatic rings. The number of phenolic OH excluding ortho intramolecular Hbond substituents is 1. The van der Waals surface area contributed by atoms with Crippen molar-refractivity contribution in [2.75, 3.05) is 16.0 Å². The Labute approximate surface area is 229 Å². The molecule has 2 aliphatic rings. The fraction of sp³-hybridized carbons (Fsp3) is 0.320. The first-order valence-electron chi connectivity index (χ1n) is 11.9. The molecule has 1 unspecified atom stereocenters. The Balaban J connectivity index is 1.88. The lowest BCUT2D eigenvalue weighted by atomic mass is 9.81. The average molecular weight is 577 g/mol. The lowest BCUT2D eigenvalue weighted by molar-refractivity contribution is -0.177. The van der Waals surface area contributed by atoms with E-state index in [1.165, 1.54) is 12.1 Å². The number of anilines is 2. The van der Waals surface area contributed by atoms with Crippen molar-refractivity contribution in [2.45, 2.75) is 44.6 Å². The monoisotopic (exact) mass is 576 g/mol. The van der Waals surface area contributed by atoms with Crippen molar-refractivity contribution in [1.29, 1.82) is 0 Å². The molecule has 1 atom stereocenters. The molecule has 12 nitrogen and oxygen atoms in total. The number of sulfonamides is 1. The van der Waals surface area contributed by atoms with E-state index in [2.05, 4.69) is 9.12 Å². The third kappa shape index (κ3) is 5.45. The van der Waals surface area contributed by atoms with E-state index in [0.29, 0.717) is 23.0 Å². The Bertz CT molecular complexity index is 1530. The number of Topliss-reactive ketones (excluding diaryl/α,β-unsaturated/α-hetero) is 1. The molecule has 208 valence electrons. The molecule has 1 heterocycles. The number of carbonyl (C=O) groups is 2. The number of nitrogens with one attached hydrogen (secondary N) is 1. The summed E-state index contributed by atoms with van der Waals surface area (Å²) in [4.78, 5) is 26.0. The van der Waals surface area contributed by atoms with Crippen LogP contribution in [0.15, 0.2) is 45.2 Å². The molecule has 14 heteroatoms. The van der Waals surface area contributed by atoms with Crippen molar-refractivity contribution in [1.82, 2.24) is 5.06 Å². The van der Waals surface area contributed by atoms with Crippen LogP contribution in [-0.2, 0) is 26.0 Å². The van der Waals surface area contributed by atoms with Crippen molar-refractivity contribution < 1.29 is 38.6 Å². The number of aliphatic hydroxyl groups is 1. The predicted molar refractivity (Wildman–Crippen MR) is 145 cm³/mol. The zero-order valence-electron chi connectivity index (χ0n) is 21.5. The molecule has 0 aromatic heterocycles. The number of phenols is 1. The fourth-order valence-electron chi connectivity index (χ4n) is 4.49. The van der Waals surface area contributed by atoms with E-state index >= 15 is 0 Å². The highest BCUT2D eigenvalue weighted by atomic mass is 32.2. The summed E-state index contributed by atoms with van der Waals surface area (Å²) in [6.45, 7) is 5.15. The molecule has 5 N–H and O–H groups in total. The van der Waals surface area contributed by atoms with Gasteiger partial charge in [0.1, 0.15) is 28.8 Å². The predicted octanol–water partition coefficient (Wildman–Crippen LogP) is 3.80. The van der Waals surface area contributed by atoms with E-state index in [4.69, 9.17) is 0 Å². The number of hydrogen-bond donors (Lipinski definition) is 5. The summed E-state index contributed by atoms with van der Waals surface area (Å²) in [6.07, 6.45) is 2.21. The van der Waals surface area contributed by atoms with Gasteiger partial charge in [-0.05, 0) is 36.0 Å². The zero-order valence-corrected chi connectivity index (χ0v) is 23.2. The number of aromatic hydroxyl groups is 1. The van der Waals surface area contributed by atoms with Crippen LogP contribution in [0.4, 0.5) is 11.4 Å². The van der Waals surface area contributed by atoms with E-state index in [1.54, 1.807) is 12.1 Å². The maximum atomic E-state index is 13.7. The molecule has 1 amide bonds. The van der Waals surface area contributed by atoms with Gasteiger partial charge in [0, 0.05) is 30.5 Å². The molecule has 0 saturated heterocycles. The van der Waals surface area contributed by atoms with E-state index in [1.807, 2.05) is 13.8 Å². The van der Waals surface area contributed by atoms with Crippen molar-refractivity contribution >= 4 is 56.6 Å². The molecule has 0 radical (unpaired) electrons. The second-order valence-electron chi connectivity index (χ2n) is 9.70. The summed E-state index contributed by atoms with van der Waals surface area (Å²) in [5.41, 5.74) is 0.461. The highest BCUT2D eigenvalue weighted by molar-refractivity contribution is 7.98. The van der Waals surface area contributed by atoms with Crippen LogP contribution in [0.25, 0.3) is 5.76 Å². The van der Waals surface area contributed by atoms with Crippen molar-refractivity contribution in [3.63, 3.8) is 0 Å². The molecule has 0 fully saturated rings. The average Bonchev–Trinajstić information content (AvgIpc) is 2.82. The van der Waals surface area contributed by atoms with Crippen LogP contribution in [0.2, 0.25) is 0 Å². The van der Waals surface area contributed by atoms with Gasteiger partial charge in [0.2, 0.25) is 15.9 Å². The first-order chi connectivity index (χ1) is 18.2. The van der Waals surface area contributed by atoms with Gasteiger partial charge in [0.15, 0.2) is 11.6 Å². The number of rotatable bonds is 7. The Kier molecular flexibility index (Phi) is 7.67. The SMILES string of the molecule is CC(=O)N(O)C1C(=O)C(C2=NSc3cc(NS(C)(=O)=O)cc(O)c3N2O)=C(O)c2c(CCC(C)C)cccc21. The third-order valence-electron chi connectivity index (χ3n) is 6.23. The van der Waals surface area contributed by atoms with Crippen LogP contribution in [0.1, 0.15) is 49.9 Å². The third-order valence-corrected chi connectivity index (χ3v) is 7.61. The van der Waals surface area contributed by atoms with Crippen LogP contribution in [0, 0.1) is 5.92 Å². The molecular weight excluding hydrogens is 548 g/mol. The van der Waals surface area contributed by atoms with Crippen LogP contribution >= 0.6 is 11.9 Å². The molecule has 4 rings (SSSR count). The molecule has 1 aliphatic heterocycles. The van der Waals surface area contributed by atoms with E-state index in [-0.39, 0.29) is 32.5 Å². The lowest BCUT2D eigenvalue weighted by Crippen LogP contribution is -2.43. The number of aryl methyl sites for hydroxylation is 1. The van der Waals surface area contributed by atoms with Crippen molar-refractivity contribution in [3.8, 4) is 5.75 Å². The minimum Gasteiger partial charge on any atom is -0.506 e. The number of nitrogens with zero attached hydrogens (tertiary/aromatic N) is 3. The number of hydrogen-bond acceptors (Lipinski definition) is 11. The first-order valence-corrected chi connectivity index (χ1v) is 14.5. The normalized spacial score (nSPS) is 17.1. The number of carbonyl (C=O) groups excluding carboxylic acids is 2. The summed E-state index contributed by atoms with van der Waals surface area (Å²) < 4.78 is 29.6. The van der Waals surface area contributed by atoms with Crippen LogP contribution < -0.4 is 9.79 Å². The maximum absolute atomic E-state index is 13.7. The molecule has 2 aromatic carbocycles. The Hall–Kier alpha value is -3.59. The van der Waals surface area contributed by atoms with Gasteiger partial charge >= 0.3 is 0 Å². The first kappa shape index (κ1) is 28.4. The minimum absolute atomic E-state index is 0.0188. The smallest absolute Gasteiger partial charge is 0.243 e. The van der Waals surface area contributed by atoms with Crippen LogP contribution in [-0.4, -0.2) is 57.9 Å². The highest BCUT2D eigenvalue weighted by Gasteiger charge is 2.44. The number of ketones is 1. The topological polar surface area (TPSA) is 180 Å². The number of hydroxylamine groups is 3. The van der Waals surface area contributed by atoms with Gasteiger partial charge in [-0.2, -0.15) is 9.46 Å².